The van der Waals surface area contributed by atoms with Gasteiger partial charge in [0.05, 0.1) is 0 Å². The molecule has 0 spiro atoms. The van der Waals surface area contributed by atoms with E-state index in [4.69, 9.17) is 0 Å². The minimum absolute atomic E-state index is 0.0733. The molecule has 3 N–H and O–H groups in total. The van der Waals surface area contributed by atoms with Crippen LogP contribution in [0.2, 0.25) is 0 Å². The zero-order valence-corrected chi connectivity index (χ0v) is 15.9. The molecule has 1 atom stereocenters. The molecule has 1 saturated heterocycles. The zero-order valence-electron chi connectivity index (χ0n) is 15.9. The van der Waals surface area contributed by atoms with Crippen LogP contribution in [0.3, 0.4) is 0 Å². The number of hydrogen-bond acceptors (Lipinski definition) is 4. The van der Waals surface area contributed by atoms with E-state index in [1.807, 2.05) is 44.2 Å². The van der Waals surface area contributed by atoms with Crippen LogP contribution in [-0.4, -0.2) is 40.9 Å². The molecule has 0 bridgehead atoms. The zero-order chi connectivity index (χ0) is 20.0. The van der Waals surface area contributed by atoms with Gasteiger partial charge in [0.15, 0.2) is 0 Å². The summed E-state index contributed by atoms with van der Waals surface area (Å²) in [5.74, 6) is -0.669. The molecular formula is C19H26N4O4. The first kappa shape index (κ1) is 20.4. The van der Waals surface area contributed by atoms with Crippen molar-refractivity contribution < 1.29 is 19.2 Å². The fourth-order valence-corrected chi connectivity index (χ4v) is 3.13. The number of carbonyl (C=O) groups excluding carboxylic acids is 4. The van der Waals surface area contributed by atoms with Crippen LogP contribution in [0.25, 0.3) is 0 Å². The number of nitrogens with zero attached hydrogens (tertiary/aromatic N) is 1. The Labute approximate surface area is 158 Å². The maximum Gasteiger partial charge on any atom is 0.325 e. The van der Waals surface area contributed by atoms with E-state index in [2.05, 4.69) is 16.0 Å². The van der Waals surface area contributed by atoms with Crippen molar-refractivity contribution in [2.45, 2.75) is 45.7 Å². The smallest absolute Gasteiger partial charge is 0.325 e. The quantitative estimate of drug-likeness (QED) is 0.632. The minimum Gasteiger partial charge on any atom is -0.334 e. The SMILES string of the molecule is CC(C)C[C@@]1(C)NC(=O)N(CCC(=O)NC(=O)NCc2ccccc2)C1=O. The predicted octanol–water partition coefficient (Wildman–Crippen LogP) is 1.76. The second-order valence-electron chi connectivity index (χ2n) is 7.28. The van der Waals surface area contributed by atoms with Crippen molar-refractivity contribution in [3.05, 3.63) is 35.9 Å². The summed E-state index contributed by atoms with van der Waals surface area (Å²) in [6.45, 7) is 5.84. The van der Waals surface area contributed by atoms with Crippen LogP contribution in [0.4, 0.5) is 9.59 Å². The third-order valence-electron chi connectivity index (χ3n) is 4.27. The maximum atomic E-state index is 12.5. The second-order valence-corrected chi connectivity index (χ2v) is 7.28. The first-order valence-electron chi connectivity index (χ1n) is 8.97. The number of amides is 6. The molecule has 1 heterocycles. The lowest BCUT2D eigenvalue weighted by Crippen LogP contribution is -2.45. The Kier molecular flexibility index (Phi) is 6.55. The Morgan fingerprint density at radius 3 is 2.48 bits per heavy atom. The molecule has 1 aromatic carbocycles. The summed E-state index contributed by atoms with van der Waals surface area (Å²) < 4.78 is 0. The van der Waals surface area contributed by atoms with Crippen LogP contribution in [0.1, 0.15) is 39.2 Å². The summed E-state index contributed by atoms with van der Waals surface area (Å²) in [5, 5.41) is 7.47. The second kappa shape index (κ2) is 8.66. The molecule has 0 unspecified atom stereocenters. The number of nitrogens with one attached hydrogen (secondary N) is 3. The summed E-state index contributed by atoms with van der Waals surface area (Å²) in [6, 6.07) is 8.16. The predicted molar refractivity (Wildman–Crippen MR) is 99.5 cm³/mol. The van der Waals surface area contributed by atoms with Crippen LogP contribution in [0.5, 0.6) is 0 Å². The van der Waals surface area contributed by atoms with Gasteiger partial charge in [-0.05, 0) is 24.8 Å². The van der Waals surface area contributed by atoms with E-state index < -0.39 is 23.5 Å². The highest BCUT2D eigenvalue weighted by Gasteiger charge is 2.47. The van der Waals surface area contributed by atoms with Crippen molar-refractivity contribution >= 4 is 23.9 Å². The van der Waals surface area contributed by atoms with Crippen molar-refractivity contribution in [3.63, 3.8) is 0 Å². The molecule has 8 nitrogen and oxygen atoms in total. The number of imide groups is 2. The summed E-state index contributed by atoms with van der Waals surface area (Å²) in [5.41, 5.74) is -0.0433. The Morgan fingerprint density at radius 2 is 1.85 bits per heavy atom. The first-order valence-corrected chi connectivity index (χ1v) is 8.97. The Hall–Kier alpha value is -2.90. The first-order chi connectivity index (χ1) is 12.7. The molecule has 2 rings (SSSR count). The summed E-state index contributed by atoms with van der Waals surface area (Å²) >= 11 is 0. The fraction of sp³-hybridized carbons (Fsp3) is 0.474. The van der Waals surface area contributed by atoms with Gasteiger partial charge in [-0.25, -0.2) is 9.59 Å². The summed E-state index contributed by atoms with van der Waals surface area (Å²) in [7, 11) is 0. The van der Waals surface area contributed by atoms with Crippen molar-refractivity contribution in [1.29, 1.82) is 0 Å². The maximum absolute atomic E-state index is 12.5. The van der Waals surface area contributed by atoms with Crippen LogP contribution in [0.15, 0.2) is 30.3 Å². The van der Waals surface area contributed by atoms with E-state index in [1.165, 1.54) is 0 Å². The molecule has 0 aromatic heterocycles. The van der Waals surface area contributed by atoms with Gasteiger partial charge in [-0.1, -0.05) is 44.2 Å². The Bertz CT molecular complexity index is 720. The molecule has 0 aliphatic carbocycles. The lowest BCUT2D eigenvalue weighted by molar-refractivity contribution is -0.131. The van der Waals surface area contributed by atoms with Crippen molar-refractivity contribution in [3.8, 4) is 0 Å². The highest BCUT2D eigenvalue weighted by molar-refractivity contribution is 6.07. The number of hydrogen-bond donors (Lipinski definition) is 3. The number of urea groups is 2. The van der Waals surface area contributed by atoms with Crippen molar-refractivity contribution in [2.24, 2.45) is 5.92 Å². The molecule has 27 heavy (non-hydrogen) atoms. The van der Waals surface area contributed by atoms with Crippen LogP contribution < -0.4 is 16.0 Å². The third-order valence-corrected chi connectivity index (χ3v) is 4.27. The van der Waals surface area contributed by atoms with Gasteiger partial charge in [0.25, 0.3) is 5.91 Å². The lowest BCUT2D eigenvalue weighted by Gasteiger charge is -2.23. The van der Waals surface area contributed by atoms with Gasteiger partial charge < -0.3 is 10.6 Å². The van der Waals surface area contributed by atoms with Gasteiger partial charge >= 0.3 is 12.1 Å². The number of carbonyl (C=O) groups is 4. The van der Waals surface area contributed by atoms with Crippen LogP contribution >= 0.6 is 0 Å². The molecule has 0 saturated carbocycles. The third kappa shape index (κ3) is 5.54. The van der Waals surface area contributed by atoms with E-state index >= 15 is 0 Å². The summed E-state index contributed by atoms with van der Waals surface area (Å²) in [6.07, 6.45) is 0.373. The minimum atomic E-state index is -0.950. The standard InChI is InChI=1S/C19H26N4O4/c1-13(2)11-19(3)16(25)23(18(27)22-19)10-9-15(24)21-17(26)20-12-14-7-5-4-6-8-14/h4-8,13H,9-12H2,1-3H3,(H,22,27)(H2,20,21,24,26)/t19-/m1/s1. The van der Waals surface area contributed by atoms with Crippen molar-refractivity contribution in [2.75, 3.05) is 6.54 Å². The molecule has 1 aromatic rings. The van der Waals surface area contributed by atoms with Gasteiger partial charge in [-0.2, -0.15) is 0 Å². The van der Waals surface area contributed by atoms with E-state index in [9.17, 15) is 19.2 Å². The monoisotopic (exact) mass is 374 g/mol. The number of benzene rings is 1. The number of rotatable bonds is 7. The summed E-state index contributed by atoms with van der Waals surface area (Å²) in [4.78, 5) is 49.3. The highest BCUT2D eigenvalue weighted by Crippen LogP contribution is 2.24. The van der Waals surface area contributed by atoms with Gasteiger partial charge in [0.1, 0.15) is 5.54 Å². The van der Waals surface area contributed by atoms with E-state index in [0.717, 1.165) is 10.5 Å². The van der Waals surface area contributed by atoms with Crippen LogP contribution in [0, 0.1) is 5.92 Å². The normalized spacial score (nSPS) is 19.2. The molecule has 1 aliphatic rings. The van der Waals surface area contributed by atoms with E-state index in [0.29, 0.717) is 13.0 Å². The average Bonchev–Trinajstić information content (AvgIpc) is 2.80. The van der Waals surface area contributed by atoms with E-state index in [-0.39, 0.29) is 24.8 Å². The molecule has 0 radical (unpaired) electrons. The molecule has 8 heteroatoms. The molecule has 1 fully saturated rings. The van der Waals surface area contributed by atoms with E-state index in [1.54, 1.807) is 6.92 Å². The fourth-order valence-electron chi connectivity index (χ4n) is 3.13. The lowest BCUT2D eigenvalue weighted by atomic mass is 9.91. The Balaban J connectivity index is 1.78. The van der Waals surface area contributed by atoms with Gasteiger partial charge in [0.2, 0.25) is 5.91 Å². The van der Waals surface area contributed by atoms with Gasteiger partial charge in [-0.3, -0.25) is 19.8 Å². The topological polar surface area (TPSA) is 108 Å². The highest BCUT2D eigenvalue weighted by atomic mass is 16.2. The van der Waals surface area contributed by atoms with Gasteiger partial charge in [0, 0.05) is 19.5 Å². The van der Waals surface area contributed by atoms with Gasteiger partial charge in [-0.15, -0.1) is 0 Å². The Morgan fingerprint density at radius 1 is 1.19 bits per heavy atom. The molecular weight excluding hydrogens is 348 g/mol. The average molecular weight is 374 g/mol. The molecule has 1 aliphatic heterocycles. The molecule has 146 valence electrons. The van der Waals surface area contributed by atoms with Crippen molar-refractivity contribution in [1.82, 2.24) is 20.9 Å². The van der Waals surface area contributed by atoms with Crippen LogP contribution in [-0.2, 0) is 16.1 Å². The molecule has 6 amide bonds. The largest absolute Gasteiger partial charge is 0.334 e.